The molecule has 22 heavy (non-hydrogen) atoms. The van der Waals surface area contributed by atoms with Gasteiger partial charge in [0, 0.05) is 51.0 Å². The smallest absolute Gasteiger partial charge is 0.258 e. The van der Waals surface area contributed by atoms with Crippen LogP contribution in [0.1, 0.15) is 19.5 Å². The van der Waals surface area contributed by atoms with Crippen LogP contribution in [0, 0.1) is 0 Å². The van der Waals surface area contributed by atoms with Gasteiger partial charge in [-0.15, -0.1) is 0 Å². The second kappa shape index (κ2) is 6.36. The number of halogens is 1. The lowest BCUT2D eigenvalue weighted by Gasteiger charge is -2.36. The normalized spacial score (nSPS) is 17.5. The summed E-state index contributed by atoms with van der Waals surface area (Å²) in [5, 5.41) is 0.536. The molecule has 1 saturated heterocycles. The molecule has 2 aromatic heterocycles. The maximum atomic E-state index is 12.2. The van der Waals surface area contributed by atoms with E-state index >= 15 is 0 Å². The first kappa shape index (κ1) is 15.5. The highest BCUT2D eigenvalue weighted by Gasteiger charge is 2.19. The number of piperazine rings is 1. The Morgan fingerprint density at radius 1 is 1.23 bits per heavy atom. The topological polar surface area (TPSA) is 40.9 Å². The van der Waals surface area contributed by atoms with Gasteiger partial charge in [-0.2, -0.15) is 0 Å². The quantitative estimate of drug-likeness (QED) is 0.866. The van der Waals surface area contributed by atoms with E-state index in [1.54, 1.807) is 24.4 Å². The van der Waals surface area contributed by atoms with Crippen molar-refractivity contribution in [3.8, 4) is 0 Å². The third-order valence-electron chi connectivity index (χ3n) is 4.20. The van der Waals surface area contributed by atoms with Crippen molar-refractivity contribution in [1.29, 1.82) is 0 Å². The van der Waals surface area contributed by atoms with Gasteiger partial charge < -0.3 is 0 Å². The molecule has 6 heteroatoms. The van der Waals surface area contributed by atoms with Crippen LogP contribution in [-0.2, 0) is 6.54 Å². The lowest BCUT2D eigenvalue weighted by Crippen LogP contribution is -2.48. The molecule has 1 aliphatic heterocycles. The van der Waals surface area contributed by atoms with Crippen LogP contribution in [0.5, 0.6) is 0 Å². The average molecular weight is 321 g/mol. The van der Waals surface area contributed by atoms with Crippen molar-refractivity contribution >= 4 is 17.2 Å². The van der Waals surface area contributed by atoms with Crippen LogP contribution in [-0.4, -0.2) is 51.4 Å². The molecule has 1 aliphatic rings. The molecule has 0 aromatic carbocycles. The van der Waals surface area contributed by atoms with Crippen LogP contribution in [0.25, 0.3) is 5.65 Å². The largest absolute Gasteiger partial charge is 0.298 e. The molecule has 3 heterocycles. The zero-order valence-electron chi connectivity index (χ0n) is 13.0. The summed E-state index contributed by atoms with van der Waals surface area (Å²) in [6, 6.07) is 5.74. The van der Waals surface area contributed by atoms with Crippen molar-refractivity contribution in [3.05, 3.63) is 45.5 Å². The van der Waals surface area contributed by atoms with Crippen LogP contribution in [0.3, 0.4) is 0 Å². The van der Waals surface area contributed by atoms with Crippen molar-refractivity contribution < 1.29 is 0 Å². The lowest BCUT2D eigenvalue weighted by atomic mass is 10.2. The second-order valence-electron chi connectivity index (χ2n) is 6.07. The van der Waals surface area contributed by atoms with Crippen LogP contribution >= 0.6 is 11.6 Å². The summed E-state index contributed by atoms with van der Waals surface area (Å²) < 4.78 is 1.49. The van der Waals surface area contributed by atoms with Gasteiger partial charge >= 0.3 is 0 Å². The molecule has 0 amide bonds. The average Bonchev–Trinajstić information content (AvgIpc) is 2.49. The first-order valence-electron chi connectivity index (χ1n) is 7.67. The Balaban J connectivity index is 1.75. The molecule has 0 spiro atoms. The molecule has 2 aromatic rings. The Kier molecular flexibility index (Phi) is 4.47. The number of fused-ring (bicyclic) bond motifs is 1. The number of hydrogen-bond donors (Lipinski definition) is 0. The fraction of sp³-hybridized carbons (Fsp3) is 0.500. The molecule has 0 bridgehead atoms. The number of pyridine rings is 1. The fourth-order valence-corrected chi connectivity index (χ4v) is 3.03. The number of rotatable bonds is 3. The third kappa shape index (κ3) is 3.32. The van der Waals surface area contributed by atoms with E-state index in [0.717, 1.165) is 38.4 Å². The summed E-state index contributed by atoms with van der Waals surface area (Å²) in [6.07, 6.45) is 1.61. The van der Waals surface area contributed by atoms with Crippen molar-refractivity contribution in [3.63, 3.8) is 0 Å². The maximum absolute atomic E-state index is 12.2. The van der Waals surface area contributed by atoms with Crippen LogP contribution in [0.2, 0.25) is 5.02 Å². The van der Waals surface area contributed by atoms with Gasteiger partial charge in [0.05, 0.1) is 10.7 Å². The highest BCUT2D eigenvalue weighted by molar-refractivity contribution is 6.30. The van der Waals surface area contributed by atoms with Crippen molar-refractivity contribution in [2.75, 3.05) is 26.2 Å². The Hall–Kier alpha value is -1.43. The van der Waals surface area contributed by atoms with Gasteiger partial charge in [-0.3, -0.25) is 19.0 Å². The fourth-order valence-electron chi connectivity index (χ4n) is 2.87. The first-order valence-corrected chi connectivity index (χ1v) is 8.05. The molecule has 0 unspecified atom stereocenters. The van der Waals surface area contributed by atoms with Gasteiger partial charge in [0.25, 0.3) is 5.56 Å². The van der Waals surface area contributed by atoms with Gasteiger partial charge in [-0.25, -0.2) is 4.98 Å². The zero-order chi connectivity index (χ0) is 15.7. The predicted molar refractivity (Wildman–Crippen MR) is 88.5 cm³/mol. The summed E-state index contributed by atoms with van der Waals surface area (Å²) >= 11 is 5.92. The van der Waals surface area contributed by atoms with E-state index < -0.39 is 0 Å². The number of hydrogen-bond acceptors (Lipinski definition) is 4. The van der Waals surface area contributed by atoms with E-state index in [4.69, 9.17) is 11.6 Å². The molecule has 5 nitrogen and oxygen atoms in total. The number of aromatic nitrogens is 2. The van der Waals surface area contributed by atoms with Crippen LogP contribution < -0.4 is 5.56 Å². The summed E-state index contributed by atoms with van der Waals surface area (Å²) in [5.41, 5.74) is 1.39. The predicted octanol–water partition coefficient (Wildman–Crippen LogP) is 1.87. The molecule has 118 valence electrons. The minimum absolute atomic E-state index is 0.0803. The standard InChI is InChI=1S/C16H21ClN4O/c1-12(2)20-7-5-19(6-8-20)11-14-9-16(22)21-10-13(17)3-4-15(21)18-14/h3-4,9-10,12H,5-8,11H2,1-2H3. The van der Waals surface area contributed by atoms with E-state index in [2.05, 4.69) is 28.6 Å². The Morgan fingerprint density at radius 3 is 2.64 bits per heavy atom. The van der Waals surface area contributed by atoms with Gasteiger partial charge in [0.2, 0.25) is 0 Å². The highest BCUT2D eigenvalue weighted by Crippen LogP contribution is 2.11. The van der Waals surface area contributed by atoms with E-state index in [9.17, 15) is 4.79 Å². The minimum atomic E-state index is -0.0803. The summed E-state index contributed by atoms with van der Waals surface area (Å²) in [7, 11) is 0. The third-order valence-corrected chi connectivity index (χ3v) is 4.42. The molecule has 0 atom stereocenters. The van der Waals surface area contributed by atoms with Gasteiger partial charge in [0.1, 0.15) is 5.65 Å². The summed E-state index contributed by atoms with van der Waals surface area (Å²) in [6.45, 7) is 9.35. The van der Waals surface area contributed by atoms with Crippen LogP contribution in [0.15, 0.2) is 29.2 Å². The van der Waals surface area contributed by atoms with Crippen molar-refractivity contribution in [1.82, 2.24) is 19.2 Å². The van der Waals surface area contributed by atoms with Gasteiger partial charge in [-0.05, 0) is 26.0 Å². The lowest BCUT2D eigenvalue weighted by molar-refractivity contribution is 0.103. The molecule has 0 aliphatic carbocycles. The molecular formula is C16H21ClN4O. The molecule has 1 fully saturated rings. The van der Waals surface area contributed by atoms with Gasteiger partial charge in [-0.1, -0.05) is 11.6 Å². The Bertz CT molecular complexity index is 720. The monoisotopic (exact) mass is 320 g/mol. The molecule has 3 rings (SSSR count). The zero-order valence-corrected chi connectivity index (χ0v) is 13.8. The SMILES string of the molecule is CC(C)N1CCN(Cc2cc(=O)n3cc(Cl)ccc3n2)CC1. The van der Waals surface area contributed by atoms with Crippen molar-refractivity contribution in [2.24, 2.45) is 0 Å². The highest BCUT2D eigenvalue weighted by atomic mass is 35.5. The van der Waals surface area contributed by atoms with Crippen LogP contribution in [0.4, 0.5) is 0 Å². The maximum Gasteiger partial charge on any atom is 0.258 e. The summed E-state index contributed by atoms with van der Waals surface area (Å²) in [5.74, 6) is 0. The minimum Gasteiger partial charge on any atom is -0.298 e. The second-order valence-corrected chi connectivity index (χ2v) is 6.50. The van der Waals surface area contributed by atoms with E-state index in [1.165, 1.54) is 4.40 Å². The Morgan fingerprint density at radius 2 is 1.95 bits per heavy atom. The molecule has 0 radical (unpaired) electrons. The molecule has 0 saturated carbocycles. The first-order chi connectivity index (χ1) is 10.5. The van der Waals surface area contributed by atoms with E-state index in [-0.39, 0.29) is 5.56 Å². The van der Waals surface area contributed by atoms with Crippen molar-refractivity contribution in [2.45, 2.75) is 26.4 Å². The summed E-state index contributed by atoms with van der Waals surface area (Å²) in [4.78, 5) is 21.6. The van der Waals surface area contributed by atoms with Gasteiger partial charge in [0.15, 0.2) is 0 Å². The molecular weight excluding hydrogens is 300 g/mol. The Labute approximate surface area is 135 Å². The number of nitrogens with zero attached hydrogens (tertiary/aromatic N) is 4. The molecule has 0 N–H and O–H groups in total. The van der Waals surface area contributed by atoms with E-state index in [0.29, 0.717) is 16.7 Å². The van der Waals surface area contributed by atoms with E-state index in [1.807, 2.05) is 0 Å².